The SMILES string of the molecule is CC.CC[P+](C)=O.Cc1ccnc(Nc2ccccc2)n1. The Labute approximate surface area is 128 Å². The number of rotatable bonds is 3. The highest BCUT2D eigenvalue weighted by Gasteiger charge is 1.95. The second-order valence-electron chi connectivity index (χ2n) is 3.96. The minimum Gasteiger partial charge on any atom is -0.324 e. The van der Waals surface area contributed by atoms with Crippen LogP contribution in [0.25, 0.3) is 0 Å². The molecule has 1 atom stereocenters. The summed E-state index contributed by atoms with van der Waals surface area (Å²) in [5.41, 5.74) is 1.96. The van der Waals surface area contributed by atoms with Crippen LogP contribution in [0.1, 0.15) is 26.5 Å². The van der Waals surface area contributed by atoms with E-state index in [1.54, 1.807) is 12.9 Å². The predicted octanol–water partition coefficient (Wildman–Crippen LogP) is 5.02. The number of para-hydroxylation sites is 1. The molecule has 2 rings (SSSR count). The first kappa shape index (κ1) is 19.2. The lowest BCUT2D eigenvalue weighted by Gasteiger charge is -2.03. The van der Waals surface area contributed by atoms with Crippen LogP contribution in [0.15, 0.2) is 42.6 Å². The third-order valence-corrected chi connectivity index (χ3v) is 3.16. The first-order chi connectivity index (χ1) is 10.1. The van der Waals surface area contributed by atoms with Crippen LogP contribution in [0.5, 0.6) is 0 Å². The summed E-state index contributed by atoms with van der Waals surface area (Å²) in [6, 6.07) is 11.7. The zero-order valence-electron chi connectivity index (χ0n) is 13.5. The number of anilines is 2. The largest absolute Gasteiger partial charge is 0.335 e. The molecule has 1 aromatic heterocycles. The Bertz CT molecular complexity index is 518. The zero-order chi connectivity index (χ0) is 16.1. The van der Waals surface area contributed by atoms with Gasteiger partial charge in [-0.2, -0.15) is 0 Å². The smallest absolute Gasteiger partial charge is 0.324 e. The number of hydrogen-bond donors (Lipinski definition) is 1. The van der Waals surface area contributed by atoms with Crippen molar-refractivity contribution < 1.29 is 4.57 Å². The van der Waals surface area contributed by atoms with Gasteiger partial charge in [-0.1, -0.05) is 36.6 Å². The Morgan fingerprint density at radius 2 is 1.71 bits per heavy atom. The van der Waals surface area contributed by atoms with Crippen molar-refractivity contribution in [1.29, 1.82) is 0 Å². The number of benzene rings is 1. The van der Waals surface area contributed by atoms with Crippen molar-refractivity contribution >= 4 is 19.4 Å². The van der Waals surface area contributed by atoms with E-state index in [0.717, 1.165) is 17.5 Å². The summed E-state index contributed by atoms with van der Waals surface area (Å²) in [5.74, 6) is 0.635. The maximum atomic E-state index is 9.96. The van der Waals surface area contributed by atoms with Crippen LogP contribution in [0, 0.1) is 6.92 Å². The third-order valence-electron chi connectivity index (χ3n) is 2.27. The van der Waals surface area contributed by atoms with Crippen molar-refractivity contribution in [2.45, 2.75) is 27.7 Å². The van der Waals surface area contributed by atoms with E-state index in [4.69, 9.17) is 0 Å². The second kappa shape index (κ2) is 12.0. The lowest BCUT2D eigenvalue weighted by Crippen LogP contribution is -1.96. The molecule has 0 radical (unpaired) electrons. The van der Waals surface area contributed by atoms with E-state index >= 15 is 0 Å². The molecule has 0 aliphatic rings. The third kappa shape index (κ3) is 9.69. The van der Waals surface area contributed by atoms with E-state index in [9.17, 15) is 4.57 Å². The van der Waals surface area contributed by atoms with Gasteiger partial charge in [-0.05, 0) is 32.0 Å². The molecular formula is C16H25N3OP+. The summed E-state index contributed by atoms with van der Waals surface area (Å²) in [7, 11) is -0.848. The fourth-order valence-corrected chi connectivity index (χ4v) is 1.16. The quantitative estimate of drug-likeness (QED) is 0.809. The van der Waals surface area contributed by atoms with Gasteiger partial charge < -0.3 is 5.32 Å². The number of aromatic nitrogens is 2. The van der Waals surface area contributed by atoms with E-state index in [1.807, 2.05) is 64.1 Å². The van der Waals surface area contributed by atoms with Crippen molar-refractivity contribution in [3.63, 3.8) is 0 Å². The lowest BCUT2D eigenvalue weighted by molar-refractivity contribution is 0.592. The Balaban J connectivity index is 0.000000489. The molecule has 0 aliphatic heterocycles. The summed E-state index contributed by atoms with van der Waals surface area (Å²) in [4.78, 5) is 8.36. The van der Waals surface area contributed by atoms with Crippen molar-refractivity contribution in [3.8, 4) is 0 Å². The highest BCUT2D eigenvalue weighted by atomic mass is 31.1. The van der Waals surface area contributed by atoms with Crippen molar-refractivity contribution in [1.82, 2.24) is 9.97 Å². The van der Waals surface area contributed by atoms with Crippen molar-refractivity contribution in [3.05, 3.63) is 48.3 Å². The fraction of sp³-hybridized carbons (Fsp3) is 0.375. The molecule has 5 heteroatoms. The molecule has 1 unspecified atom stereocenters. The molecule has 0 saturated heterocycles. The van der Waals surface area contributed by atoms with Gasteiger partial charge in [-0.3, -0.25) is 0 Å². The molecule has 0 aliphatic carbocycles. The molecule has 2 aromatic rings. The Hall–Kier alpha value is -1.80. The summed E-state index contributed by atoms with van der Waals surface area (Å²) in [6.07, 6.45) is 2.56. The average Bonchev–Trinajstić information content (AvgIpc) is 2.51. The van der Waals surface area contributed by atoms with E-state index in [0.29, 0.717) is 5.95 Å². The van der Waals surface area contributed by atoms with Gasteiger partial charge in [0, 0.05) is 17.6 Å². The summed E-state index contributed by atoms with van der Waals surface area (Å²) in [5, 5.41) is 3.12. The Morgan fingerprint density at radius 1 is 1.14 bits per heavy atom. The molecule has 0 fully saturated rings. The van der Waals surface area contributed by atoms with Crippen LogP contribution in [0.3, 0.4) is 0 Å². The first-order valence-corrected chi connectivity index (χ1v) is 9.01. The highest BCUT2D eigenvalue weighted by molar-refractivity contribution is 7.43. The topological polar surface area (TPSA) is 54.9 Å². The van der Waals surface area contributed by atoms with Crippen LogP contribution in [-0.4, -0.2) is 22.8 Å². The van der Waals surface area contributed by atoms with Crippen LogP contribution >= 0.6 is 7.80 Å². The van der Waals surface area contributed by atoms with Crippen LogP contribution in [-0.2, 0) is 4.57 Å². The van der Waals surface area contributed by atoms with E-state index in [-0.39, 0.29) is 0 Å². The predicted molar refractivity (Wildman–Crippen MR) is 91.9 cm³/mol. The molecule has 114 valence electrons. The molecule has 0 spiro atoms. The lowest BCUT2D eigenvalue weighted by atomic mass is 10.3. The van der Waals surface area contributed by atoms with E-state index in [1.165, 1.54) is 0 Å². The van der Waals surface area contributed by atoms with Crippen molar-refractivity contribution in [2.75, 3.05) is 18.1 Å². The van der Waals surface area contributed by atoms with Gasteiger partial charge in [0.25, 0.3) is 0 Å². The highest BCUT2D eigenvalue weighted by Crippen LogP contribution is 2.11. The number of aryl methyl sites for hydroxylation is 1. The van der Waals surface area contributed by atoms with Gasteiger partial charge in [0.05, 0.1) is 0 Å². The minimum atomic E-state index is -0.848. The summed E-state index contributed by atoms with van der Waals surface area (Å²) in [6.45, 7) is 9.59. The van der Waals surface area contributed by atoms with Gasteiger partial charge in [0.15, 0.2) is 0 Å². The van der Waals surface area contributed by atoms with Crippen LogP contribution in [0.4, 0.5) is 11.6 Å². The maximum absolute atomic E-state index is 9.96. The molecule has 21 heavy (non-hydrogen) atoms. The molecule has 1 heterocycles. The number of hydrogen-bond acceptors (Lipinski definition) is 4. The van der Waals surface area contributed by atoms with E-state index in [2.05, 4.69) is 15.3 Å². The maximum Gasteiger partial charge on any atom is 0.335 e. The molecular weight excluding hydrogens is 281 g/mol. The molecule has 1 N–H and O–H groups in total. The van der Waals surface area contributed by atoms with Gasteiger partial charge >= 0.3 is 7.80 Å². The molecule has 0 bridgehead atoms. The number of nitrogens with one attached hydrogen (secondary N) is 1. The first-order valence-electron chi connectivity index (χ1n) is 7.11. The zero-order valence-corrected chi connectivity index (χ0v) is 14.4. The normalized spacial score (nSPS) is 9.48. The monoisotopic (exact) mass is 306 g/mol. The van der Waals surface area contributed by atoms with Gasteiger partial charge in [-0.25, -0.2) is 9.97 Å². The van der Waals surface area contributed by atoms with Gasteiger partial charge in [-0.15, -0.1) is 0 Å². The molecule has 0 amide bonds. The van der Waals surface area contributed by atoms with E-state index < -0.39 is 7.80 Å². The van der Waals surface area contributed by atoms with Gasteiger partial charge in [0.1, 0.15) is 12.8 Å². The fourth-order valence-electron chi connectivity index (χ4n) is 1.16. The standard InChI is InChI=1S/C11H11N3.C3H8OP.C2H6/c1-9-7-8-12-11(13-9)14-10-5-3-2-4-6-10;1-3-5(2)4;1-2/h2-8H,1H3,(H,12,13,14);3H2,1-2H3;1-2H3/q;+1;. The average molecular weight is 306 g/mol. The Kier molecular flexibility index (Phi) is 11.0. The van der Waals surface area contributed by atoms with Gasteiger partial charge in [0.2, 0.25) is 5.95 Å². The summed E-state index contributed by atoms with van der Waals surface area (Å²) < 4.78 is 9.96. The Morgan fingerprint density at radius 3 is 2.19 bits per heavy atom. The number of nitrogens with zero attached hydrogens (tertiary/aromatic N) is 2. The molecule has 4 nitrogen and oxygen atoms in total. The van der Waals surface area contributed by atoms with Crippen molar-refractivity contribution in [2.24, 2.45) is 0 Å². The molecule has 0 saturated carbocycles. The minimum absolute atomic E-state index is 0.635. The van der Waals surface area contributed by atoms with Crippen LogP contribution < -0.4 is 5.32 Å². The van der Waals surface area contributed by atoms with Crippen LogP contribution in [0.2, 0.25) is 0 Å². The second-order valence-corrected chi connectivity index (χ2v) is 5.85. The molecule has 1 aromatic carbocycles. The summed E-state index contributed by atoms with van der Waals surface area (Å²) >= 11 is 0.